The minimum Gasteiger partial charge on any atom is -0.506 e. The van der Waals surface area contributed by atoms with Crippen LogP contribution in [0.2, 0.25) is 0 Å². The molecule has 0 aromatic heterocycles. The lowest BCUT2D eigenvalue weighted by Gasteiger charge is -2.12. The lowest BCUT2D eigenvalue weighted by molar-refractivity contribution is -0.384. The fraction of sp³-hybridized carbons (Fsp3) is 0. The van der Waals surface area contributed by atoms with Crippen LogP contribution < -0.4 is 10.6 Å². The maximum atomic E-state index is 10.6. The van der Waals surface area contributed by atoms with Gasteiger partial charge in [0, 0.05) is 10.5 Å². The Morgan fingerprint density at radius 2 is 1.86 bits per heavy atom. The molecule has 0 saturated heterocycles. The van der Waals surface area contributed by atoms with Crippen molar-refractivity contribution < 1.29 is 10.0 Å². The number of hydrogen-bond donors (Lipinski definition) is 3. The molecule has 0 aliphatic carbocycles. The number of para-hydroxylation sites is 1. The maximum absolute atomic E-state index is 10.6. The number of nitrogens with one attached hydrogen (secondary N) is 2. The fourth-order valence-electron chi connectivity index (χ4n) is 1.58. The summed E-state index contributed by atoms with van der Waals surface area (Å²) >= 11 is 8.51. The van der Waals surface area contributed by atoms with Crippen molar-refractivity contribution in [1.82, 2.24) is 0 Å². The van der Waals surface area contributed by atoms with Crippen LogP contribution in [0.15, 0.2) is 46.9 Å². The summed E-state index contributed by atoms with van der Waals surface area (Å²) in [6, 6.07) is 11.1. The number of aromatic hydroxyl groups is 1. The van der Waals surface area contributed by atoms with Gasteiger partial charge in [-0.05, 0) is 46.3 Å². The van der Waals surface area contributed by atoms with E-state index in [9.17, 15) is 15.2 Å². The van der Waals surface area contributed by atoms with Gasteiger partial charge in [0.05, 0.1) is 22.4 Å². The van der Waals surface area contributed by atoms with Gasteiger partial charge in [0.15, 0.2) is 5.11 Å². The lowest BCUT2D eigenvalue weighted by atomic mass is 10.2. The summed E-state index contributed by atoms with van der Waals surface area (Å²) in [5.41, 5.74) is 0.851. The highest BCUT2D eigenvalue weighted by Gasteiger charge is 2.11. The molecule has 6 nitrogen and oxygen atoms in total. The number of rotatable bonds is 3. The first kappa shape index (κ1) is 15.2. The molecule has 0 radical (unpaired) electrons. The molecule has 2 rings (SSSR count). The van der Waals surface area contributed by atoms with Gasteiger partial charge < -0.3 is 15.7 Å². The number of non-ortho nitro benzene ring substituents is 1. The summed E-state index contributed by atoms with van der Waals surface area (Å²) in [6.07, 6.45) is 0. The molecule has 0 amide bonds. The van der Waals surface area contributed by atoms with Gasteiger partial charge in [0.25, 0.3) is 5.69 Å². The van der Waals surface area contributed by atoms with Crippen molar-refractivity contribution in [3.63, 3.8) is 0 Å². The SMILES string of the molecule is O=[N+]([O-])c1ccc(NC(=S)Nc2ccccc2Br)c(O)c1. The van der Waals surface area contributed by atoms with Crippen LogP contribution in [0.1, 0.15) is 0 Å². The summed E-state index contributed by atoms with van der Waals surface area (Å²) in [5, 5.41) is 26.3. The van der Waals surface area contributed by atoms with Crippen molar-refractivity contribution >= 4 is 50.3 Å². The molecule has 0 aliphatic heterocycles. The second-order valence-corrected chi connectivity index (χ2v) is 5.28. The van der Waals surface area contributed by atoms with Gasteiger partial charge in [-0.15, -0.1) is 0 Å². The van der Waals surface area contributed by atoms with Gasteiger partial charge in [0.1, 0.15) is 5.75 Å². The van der Waals surface area contributed by atoms with E-state index < -0.39 is 4.92 Å². The van der Waals surface area contributed by atoms with Gasteiger partial charge in [0.2, 0.25) is 0 Å². The second-order valence-electron chi connectivity index (χ2n) is 4.02. The quantitative estimate of drug-likeness (QED) is 0.330. The van der Waals surface area contributed by atoms with E-state index in [0.29, 0.717) is 0 Å². The van der Waals surface area contributed by atoms with E-state index in [1.54, 1.807) is 0 Å². The Hall–Kier alpha value is -2.19. The largest absolute Gasteiger partial charge is 0.506 e. The first-order chi connectivity index (χ1) is 9.97. The fourth-order valence-corrected chi connectivity index (χ4v) is 2.18. The minimum atomic E-state index is -0.582. The van der Waals surface area contributed by atoms with E-state index in [4.69, 9.17) is 12.2 Å². The average Bonchev–Trinajstić information content (AvgIpc) is 2.43. The van der Waals surface area contributed by atoms with Crippen molar-refractivity contribution in [2.24, 2.45) is 0 Å². The Kier molecular flexibility index (Phi) is 4.71. The molecule has 0 atom stereocenters. The van der Waals surface area contributed by atoms with Gasteiger partial charge in [-0.25, -0.2) is 0 Å². The van der Waals surface area contributed by atoms with Crippen LogP contribution in [0.5, 0.6) is 5.75 Å². The Bertz CT molecular complexity index is 709. The molecule has 21 heavy (non-hydrogen) atoms. The highest BCUT2D eigenvalue weighted by atomic mass is 79.9. The first-order valence-electron chi connectivity index (χ1n) is 5.77. The molecule has 8 heteroatoms. The average molecular weight is 368 g/mol. The number of anilines is 2. The van der Waals surface area contributed by atoms with Crippen LogP contribution in [-0.4, -0.2) is 15.1 Å². The van der Waals surface area contributed by atoms with Crippen LogP contribution in [-0.2, 0) is 0 Å². The van der Waals surface area contributed by atoms with Crippen LogP contribution >= 0.6 is 28.1 Å². The topological polar surface area (TPSA) is 87.4 Å². The van der Waals surface area contributed by atoms with E-state index >= 15 is 0 Å². The smallest absolute Gasteiger partial charge is 0.273 e. The van der Waals surface area contributed by atoms with Gasteiger partial charge >= 0.3 is 0 Å². The number of hydrogen-bond acceptors (Lipinski definition) is 4. The molecule has 3 N–H and O–H groups in total. The molecule has 2 aromatic carbocycles. The first-order valence-corrected chi connectivity index (χ1v) is 6.97. The summed E-state index contributed by atoms with van der Waals surface area (Å²) in [4.78, 5) is 10.0. The number of phenolic OH excluding ortho intramolecular Hbond substituents is 1. The molecule has 0 saturated carbocycles. The molecule has 0 heterocycles. The number of nitrogens with zero attached hydrogens (tertiary/aromatic N) is 1. The van der Waals surface area contributed by atoms with Crippen LogP contribution in [0.3, 0.4) is 0 Å². The zero-order valence-corrected chi connectivity index (χ0v) is 12.9. The van der Waals surface area contributed by atoms with Crippen molar-refractivity contribution in [3.8, 4) is 5.75 Å². The molecule has 0 fully saturated rings. The Morgan fingerprint density at radius 3 is 2.48 bits per heavy atom. The van der Waals surface area contributed by atoms with E-state index in [0.717, 1.165) is 16.2 Å². The molecular formula is C13H10BrN3O3S. The zero-order valence-electron chi connectivity index (χ0n) is 10.5. The van der Waals surface area contributed by atoms with Crippen molar-refractivity contribution in [3.05, 3.63) is 57.1 Å². The molecule has 0 bridgehead atoms. The van der Waals surface area contributed by atoms with Crippen LogP contribution in [0.4, 0.5) is 17.1 Å². The molecule has 2 aromatic rings. The third-order valence-electron chi connectivity index (χ3n) is 2.56. The van der Waals surface area contributed by atoms with E-state index in [1.807, 2.05) is 24.3 Å². The van der Waals surface area contributed by atoms with Crippen molar-refractivity contribution in [2.75, 3.05) is 10.6 Å². The van der Waals surface area contributed by atoms with Crippen LogP contribution in [0, 0.1) is 10.1 Å². The van der Waals surface area contributed by atoms with Gasteiger partial charge in [-0.2, -0.15) is 0 Å². The number of halogens is 1. The minimum absolute atomic E-state index is 0.192. The van der Waals surface area contributed by atoms with E-state index in [2.05, 4.69) is 26.6 Å². The number of nitro benzene ring substituents is 1. The summed E-state index contributed by atoms with van der Waals surface area (Å²) in [7, 11) is 0. The highest BCUT2D eigenvalue weighted by molar-refractivity contribution is 9.10. The third kappa shape index (κ3) is 3.89. The zero-order chi connectivity index (χ0) is 15.4. The lowest BCUT2D eigenvalue weighted by Crippen LogP contribution is -2.19. The predicted octanol–water partition coefficient (Wildman–Crippen LogP) is 3.87. The van der Waals surface area contributed by atoms with E-state index in [-0.39, 0.29) is 22.2 Å². The normalized spacial score (nSPS) is 9.95. The standard InChI is InChI=1S/C13H10BrN3O3S/c14-9-3-1-2-4-10(9)15-13(21)16-11-6-5-8(17(19)20)7-12(11)18/h1-7,18H,(H2,15,16,21). The van der Waals surface area contributed by atoms with Crippen LogP contribution in [0.25, 0.3) is 0 Å². The highest BCUT2D eigenvalue weighted by Crippen LogP contribution is 2.28. The summed E-state index contributed by atoms with van der Waals surface area (Å²) in [5.74, 6) is -0.250. The van der Waals surface area contributed by atoms with E-state index in [1.165, 1.54) is 12.1 Å². The number of benzene rings is 2. The number of phenols is 1. The molecular weight excluding hydrogens is 358 g/mol. The Balaban J connectivity index is 2.10. The number of nitro groups is 1. The summed E-state index contributed by atoms with van der Waals surface area (Å²) < 4.78 is 0.835. The molecule has 108 valence electrons. The molecule has 0 unspecified atom stereocenters. The Labute approximate surface area is 134 Å². The molecule has 0 spiro atoms. The maximum Gasteiger partial charge on any atom is 0.273 e. The van der Waals surface area contributed by atoms with Gasteiger partial charge in [-0.1, -0.05) is 12.1 Å². The Morgan fingerprint density at radius 1 is 1.19 bits per heavy atom. The third-order valence-corrected chi connectivity index (χ3v) is 3.46. The second kappa shape index (κ2) is 6.51. The predicted molar refractivity (Wildman–Crippen MR) is 88.7 cm³/mol. The van der Waals surface area contributed by atoms with Crippen molar-refractivity contribution in [2.45, 2.75) is 0 Å². The number of thiocarbonyl (C=S) groups is 1. The monoisotopic (exact) mass is 367 g/mol. The van der Waals surface area contributed by atoms with Crippen molar-refractivity contribution in [1.29, 1.82) is 0 Å². The summed E-state index contributed by atoms with van der Waals surface area (Å²) in [6.45, 7) is 0. The molecule has 0 aliphatic rings. The van der Waals surface area contributed by atoms with Gasteiger partial charge in [-0.3, -0.25) is 10.1 Å².